The minimum absolute atomic E-state index is 0. The summed E-state index contributed by atoms with van der Waals surface area (Å²) in [6.45, 7) is 2.36. The molecule has 2 heterocycles. The lowest BCUT2D eigenvalue weighted by Crippen LogP contribution is -3.00. The van der Waals surface area contributed by atoms with Crippen molar-refractivity contribution in [2.45, 2.75) is 25.7 Å². The Morgan fingerprint density at radius 2 is 1.68 bits per heavy atom. The van der Waals surface area contributed by atoms with Crippen molar-refractivity contribution in [1.29, 1.82) is 0 Å². The molecule has 104 valence electrons. The third-order valence-electron chi connectivity index (χ3n) is 4.04. The van der Waals surface area contributed by atoms with Crippen LogP contribution < -0.4 is 21.9 Å². The zero-order valence-electron chi connectivity index (χ0n) is 11.5. The molecule has 19 heavy (non-hydrogen) atoms. The molecule has 2 aliphatic rings. The van der Waals surface area contributed by atoms with E-state index in [9.17, 15) is 0 Å². The predicted molar refractivity (Wildman–Crippen MR) is 71.2 cm³/mol. The van der Waals surface area contributed by atoms with E-state index in [1.165, 1.54) is 42.6 Å². The minimum atomic E-state index is 0. The predicted octanol–water partition coefficient (Wildman–Crippen LogP) is -0.751. The fraction of sp³-hybridized carbons (Fsp3) is 0.533. The standard InChI is InChI=1S/C15H20NO2.ClH/c1-17-14-9-11-6-8-16-7-4-3-5-13(16)12(11)10-15(14)18-2;/h9-10H,3-8H2,1-2H3;1H/q+1;/p-1. The van der Waals surface area contributed by atoms with Gasteiger partial charge in [0.05, 0.1) is 14.2 Å². The molecule has 0 unspecified atom stereocenters. The van der Waals surface area contributed by atoms with E-state index in [0.29, 0.717) is 0 Å². The van der Waals surface area contributed by atoms with Crippen LogP contribution in [0.5, 0.6) is 11.5 Å². The van der Waals surface area contributed by atoms with Gasteiger partial charge in [0.25, 0.3) is 0 Å². The number of hydrogen-bond donors (Lipinski definition) is 0. The van der Waals surface area contributed by atoms with Crippen molar-refractivity contribution in [2.24, 2.45) is 0 Å². The lowest BCUT2D eigenvalue weighted by molar-refractivity contribution is -0.533. The second-order valence-electron chi connectivity index (χ2n) is 5.01. The highest BCUT2D eigenvalue weighted by Crippen LogP contribution is 2.33. The molecular formula is C15H20ClNO2. The highest BCUT2D eigenvalue weighted by atomic mass is 35.5. The van der Waals surface area contributed by atoms with Crippen LogP contribution in [0.2, 0.25) is 0 Å². The average Bonchev–Trinajstić information content (AvgIpc) is 2.45. The van der Waals surface area contributed by atoms with Crippen LogP contribution in [0.4, 0.5) is 0 Å². The van der Waals surface area contributed by atoms with Crippen LogP contribution in [-0.4, -0.2) is 37.6 Å². The molecule has 3 rings (SSSR count). The Labute approximate surface area is 120 Å². The number of methoxy groups -OCH3 is 2. The van der Waals surface area contributed by atoms with Crippen LogP contribution in [0.15, 0.2) is 12.1 Å². The first-order valence-electron chi connectivity index (χ1n) is 6.69. The van der Waals surface area contributed by atoms with Crippen molar-refractivity contribution in [3.05, 3.63) is 23.3 Å². The first kappa shape index (κ1) is 14.2. The fourth-order valence-electron chi connectivity index (χ4n) is 3.09. The maximum atomic E-state index is 5.43. The van der Waals surface area contributed by atoms with Gasteiger partial charge in [0.1, 0.15) is 13.1 Å². The van der Waals surface area contributed by atoms with E-state index in [1.54, 1.807) is 14.2 Å². The van der Waals surface area contributed by atoms with Crippen LogP contribution >= 0.6 is 0 Å². The molecule has 3 nitrogen and oxygen atoms in total. The second kappa shape index (κ2) is 5.83. The van der Waals surface area contributed by atoms with Gasteiger partial charge in [-0.2, -0.15) is 0 Å². The molecule has 0 radical (unpaired) electrons. The highest BCUT2D eigenvalue weighted by Gasteiger charge is 2.29. The van der Waals surface area contributed by atoms with E-state index >= 15 is 0 Å². The summed E-state index contributed by atoms with van der Waals surface area (Å²) < 4.78 is 13.4. The van der Waals surface area contributed by atoms with Gasteiger partial charge < -0.3 is 21.9 Å². The third kappa shape index (κ3) is 2.44. The van der Waals surface area contributed by atoms with E-state index in [1.807, 2.05) is 0 Å². The Balaban J connectivity index is 0.00000133. The summed E-state index contributed by atoms with van der Waals surface area (Å²) >= 11 is 0. The molecule has 0 fully saturated rings. The molecule has 4 heteroatoms. The second-order valence-corrected chi connectivity index (χ2v) is 5.01. The summed E-state index contributed by atoms with van der Waals surface area (Å²) in [5, 5.41) is 0. The molecule has 0 amide bonds. The maximum Gasteiger partial charge on any atom is 0.183 e. The lowest BCUT2D eigenvalue weighted by Gasteiger charge is -2.23. The van der Waals surface area contributed by atoms with Crippen molar-refractivity contribution in [2.75, 3.05) is 27.3 Å². The Hall–Kier alpha value is -1.22. The summed E-state index contributed by atoms with van der Waals surface area (Å²) in [7, 11) is 3.41. The van der Waals surface area contributed by atoms with Crippen LogP contribution in [0.25, 0.3) is 0 Å². The molecule has 0 saturated heterocycles. The van der Waals surface area contributed by atoms with Gasteiger partial charge in [-0.1, -0.05) is 0 Å². The summed E-state index contributed by atoms with van der Waals surface area (Å²) in [5.74, 6) is 1.69. The quantitative estimate of drug-likeness (QED) is 0.666. The Morgan fingerprint density at radius 1 is 0.947 bits per heavy atom. The normalized spacial score (nSPS) is 17.2. The molecule has 0 atom stereocenters. The van der Waals surface area contributed by atoms with Crippen LogP contribution in [0, 0.1) is 0 Å². The van der Waals surface area contributed by atoms with Gasteiger partial charge in [-0.3, -0.25) is 0 Å². The SMILES string of the molecule is COc1cc2c(cc1OC)C1=[N+](CCCC1)CC2.[Cl-]. The number of fused-ring (bicyclic) bond motifs is 2. The summed E-state index contributed by atoms with van der Waals surface area (Å²) in [5.41, 5.74) is 4.28. The maximum absolute atomic E-state index is 5.43. The largest absolute Gasteiger partial charge is 1.00 e. The van der Waals surface area contributed by atoms with E-state index in [4.69, 9.17) is 9.47 Å². The average molecular weight is 282 g/mol. The molecule has 0 bridgehead atoms. The molecular weight excluding hydrogens is 262 g/mol. The van der Waals surface area contributed by atoms with Gasteiger partial charge in [0, 0.05) is 24.8 Å². The highest BCUT2D eigenvalue weighted by molar-refractivity contribution is 5.99. The number of ether oxygens (including phenoxy) is 2. The van der Waals surface area contributed by atoms with Gasteiger partial charge >= 0.3 is 0 Å². The van der Waals surface area contributed by atoms with E-state index in [-0.39, 0.29) is 12.4 Å². The van der Waals surface area contributed by atoms with Gasteiger partial charge in [0.15, 0.2) is 17.2 Å². The van der Waals surface area contributed by atoms with Crippen molar-refractivity contribution < 1.29 is 26.5 Å². The Bertz CT molecular complexity index is 511. The fourth-order valence-corrected chi connectivity index (χ4v) is 3.09. The minimum Gasteiger partial charge on any atom is -1.00 e. The van der Waals surface area contributed by atoms with Crippen molar-refractivity contribution >= 4 is 5.71 Å². The first-order valence-corrected chi connectivity index (χ1v) is 6.69. The molecule has 1 aromatic carbocycles. The molecule has 0 aromatic heterocycles. The smallest absolute Gasteiger partial charge is 0.183 e. The van der Waals surface area contributed by atoms with E-state index < -0.39 is 0 Å². The summed E-state index contributed by atoms with van der Waals surface area (Å²) in [6, 6.07) is 4.30. The third-order valence-corrected chi connectivity index (χ3v) is 4.04. The molecule has 1 aromatic rings. The molecule has 0 aliphatic carbocycles. The van der Waals surface area contributed by atoms with Crippen LogP contribution in [0.1, 0.15) is 30.4 Å². The van der Waals surface area contributed by atoms with Crippen LogP contribution in [0.3, 0.4) is 0 Å². The van der Waals surface area contributed by atoms with Gasteiger partial charge in [-0.15, -0.1) is 0 Å². The van der Waals surface area contributed by atoms with Crippen molar-refractivity contribution in [3.8, 4) is 11.5 Å². The Kier molecular flexibility index (Phi) is 4.35. The zero-order valence-corrected chi connectivity index (χ0v) is 12.3. The van der Waals surface area contributed by atoms with Crippen molar-refractivity contribution in [1.82, 2.24) is 0 Å². The number of benzene rings is 1. The summed E-state index contributed by atoms with van der Waals surface area (Å²) in [4.78, 5) is 0. The number of halogens is 1. The monoisotopic (exact) mass is 281 g/mol. The lowest BCUT2D eigenvalue weighted by atomic mass is 9.91. The number of nitrogens with zero attached hydrogens (tertiary/aromatic N) is 1. The molecule has 0 saturated carbocycles. The molecule has 0 N–H and O–H groups in total. The van der Waals surface area contributed by atoms with Gasteiger partial charge in [-0.05, 0) is 24.1 Å². The number of rotatable bonds is 2. The zero-order chi connectivity index (χ0) is 12.5. The first-order chi connectivity index (χ1) is 8.83. The molecule has 2 aliphatic heterocycles. The van der Waals surface area contributed by atoms with Gasteiger partial charge in [0.2, 0.25) is 0 Å². The van der Waals surface area contributed by atoms with Gasteiger partial charge in [-0.25, -0.2) is 4.58 Å². The van der Waals surface area contributed by atoms with E-state index in [2.05, 4.69) is 16.7 Å². The topological polar surface area (TPSA) is 21.5 Å². The Morgan fingerprint density at radius 3 is 2.42 bits per heavy atom. The van der Waals surface area contributed by atoms with Crippen molar-refractivity contribution in [3.63, 3.8) is 0 Å². The summed E-state index contributed by atoms with van der Waals surface area (Å²) in [6.07, 6.45) is 4.94. The van der Waals surface area contributed by atoms with E-state index in [0.717, 1.165) is 24.5 Å². The van der Waals surface area contributed by atoms with Crippen LogP contribution in [-0.2, 0) is 6.42 Å². The number of hydrogen-bond acceptors (Lipinski definition) is 2. The molecule has 0 spiro atoms.